The van der Waals surface area contributed by atoms with Crippen molar-refractivity contribution in [3.05, 3.63) is 0 Å². The van der Waals surface area contributed by atoms with Crippen LogP contribution in [0.1, 0.15) is 13.8 Å². The summed E-state index contributed by atoms with van der Waals surface area (Å²) < 4.78 is 0. The zero-order valence-corrected chi connectivity index (χ0v) is 7.21. The summed E-state index contributed by atoms with van der Waals surface area (Å²) in [6.45, 7) is 2.58. The van der Waals surface area contributed by atoms with E-state index < -0.39 is 17.3 Å². The van der Waals surface area contributed by atoms with E-state index in [1.807, 2.05) is 0 Å². The van der Waals surface area contributed by atoms with E-state index in [9.17, 15) is 9.59 Å². The van der Waals surface area contributed by atoms with Crippen LogP contribution in [0.4, 0.5) is 0 Å². The average Bonchev–Trinajstić information content (AvgIpc) is 1.82. The molecule has 0 rings (SSSR count). The first-order valence-corrected chi connectivity index (χ1v) is 3.25. The van der Waals surface area contributed by atoms with Crippen molar-refractivity contribution in [1.29, 1.82) is 0 Å². The zero-order chi connectivity index (χ0) is 9.23. The minimum absolute atomic E-state index is 0.683. The lowest BCUT2D eigenvalue weighted by Crippen LogP contribution is -2.43. The molecule has 0 fully saturated rings. The van der Waals surface area contributed by atoms with Gasteiger partial charge in [-0.2, -0.15) is 0 Å². The predicted octanol–water partition coefficient (Wildman–Crippen LogP) is -0.585. The Bertz CT molecular complexity index is 179. The van der Waals surface area contributed by atoms with Crippen LogP contribution in [0.3, 0.4) is 0 Å². The summed E-state index contributed by atoms with van der Waals surface area (Å²) in [5.41, 5.74) is -1.57. The first kappa shape index (κ1) is 10.1. The van der Waals surface area contributed by atoms with Crippen molar-refractivity contribution >= 4 is 11.7 Å². The smallest absolute Gasteiger partial charge is 0.292 e. The standard InChI is InChI=1S/C7H13NO3/c1-7(2,11)5(9)6(10)8(3)4/h11H,1-4H3. The fourth-order valence-electron chi connectivity index (χ4n) is 0.465. The second kappa shape index (κ2) is 3.00. The first-order chi connectivity index (χ1) is 4.76. The molecule has 0 atom stereocenters. The third kappa shape index (κ3) is 2.67. The van der Waals surface area contributed by atoms with Crippen molar-refractivity contribution in [3.8, 4) is 0 Å². The molecular weight excluding hydrogens is 146 g/mol. The maximum absolute atomic E-state index is 11.0. The number of hydrogen-bond donors (Lipinski definition) is 1. The molecule has 1 N–H and O–H groups in total. The third-order valence-corrected chi connectivity index (χ3v) is 1.16. The van der Waals surface area contributed by atoms with Crippen LogP contribution in [0.15, 0.2) is 0 Å². The molecule has 0 bridgehead atoms. The molecule has 64 valence electrons. The SMILES string of the molecule is CN(C)C(=O)C(=O)C(C)(C)O. The minimum Gasteiger partial charge on any atom is -0.382 e. The Kier molecular flexibility index (Phi) is 2.76. The summed E-state index contributed by atoms with van der Waals surface area (Å²) in [4.78, 5) is 23.0. The fourth-order valence-corrected chi connectivity index (χ4v) is 0.465. The molecule has 11 heavy (non-hydrogen) atoms. The molecule has 0 aromatic carbocycles. The molecule has 0 aliphatic carbocycles. The summed E-state index contributed by atoms with van der Waals surface area (Å²) in [6.07, 6.45) is 0. The van der Waals surface area contributed by atoms with Gasteiger partial charge in [-0.15, -0.1) is 0 Å². The van der Waals surface area contributed by atoms with Gasteiger partial charge in [-0.3, -0.25) is 9.59 Å². The Morgan fingerprint density at radius 1 is 1.27 bits per heavy atom. The molecule has 0 heterocycles. The molecule has 0 spiro atoms. The van der Waals surface area contributed by atoms with Gasteiger partial charge < -0.3 is 10.0 Å². The minimum atomic E-state index is -1.57. The molecule has 4 nitrogen and oxygen atoms in total. The highest BCUT2D eigenvalue weighted by Crippen LogP contribution is 2.03. The maximum atomic E-state index is 11.0. The van der Waals surface area contributed by atoms with Gasteiger partial charge in [0.05, 0.1) is 0 Å². The Balaban J connectivity index is 4.40. The molecule has 4 heteroatoms. The van der Waals surface area contributed by atoms with Crippen LogP contribution in [0.5, 0.6) is 0 Å². The second-order valence-electron chi connectivity index (χ2n) is 3.09. The Morgan fingerprint density at radius 2 is 1.64 bits per heavy atom. The van der Waals surface area contributed by atoms with Gasteiger partial charge in [0, 0.05) is 14.1 Å². The maximum Gasteiger partial charge on any atom is 0.292 e. The second-order valence-corrected chi connectivity index (χ2v) is 3.09. The fraction of sp³-hybridized carbons (Fsp3) is 0.714. The van der Waals surface area contributed by atoms with Gasteiger partial charge in [-0.05, 0) is 13.8 Å². The molecular formula is C7H13NO3. The normalized spacial score (nSPS) is 11.0. The van der Waals surface area contributed by atoms with Crippen LogP contribution in [-0.2, 0) is 9.59 Å². The van der Waals surface area contributed by atoms with E-state index in [-0.39, 0.29) is 0 Å². The average molecular weight is 159 g/mol. The molecule has 0 radical (unpaired) electrons. The highest BCUT2D eigenvalue weighted by atomic mass is 16.3. The number of carbonyl (C=O) groups excluding carboxylic acids is 2. The van der Waals surface area contributed by atoms with E-state index >= 15 is 0 Å². The van der Waals surface area contributed by atoms with E-state index in [1.165, 1.54) is 27.9 Å². The molecule has 0 aliphatic heterocycles. The van der Waals surface area contributed by atoms with Gasteiger partial charge in [0.15, 0.2) is 0 Å². The van der Waals surface area contributed by atoms with E-state index in [0.29, 0.717) is 0 Å². The van der Waals surface area contributed by atoms with E-state index in [1.54, 1.807) is 0 Å². The van der Waals surface area contributed by atoms with Gasteiger partial charge in [-0.25, -0.2) is 0 Å². The highest BCUT2D eigenvalue weighted by Gasteiger charge is 2.31. The summed E-state index contributed by atoms with van der Waals surface area (Å²) in [7, 11) is 2.93. The number of ketones is 1. The van der Waals surface area contributed by atoms with Gasteiger partial charge in [-0.1, -0.05) is 0 Å². The lowest BCUT2D eigenvalue weighted by molar-refractivity contribution is -0.151. The zero-order valence-electron chi connectivity index (χ0n) is 7.21. The van der Waals surface area contributed by atoms with Crippen molar-refractivity contribution in [2.75, 3.05) is 14.1 Å². The quantitative estimate of drug-likeness (QED) is 0.548. The van der Waals surface area contributed by atoms with E-state index in [4.69, 9.17) is 5.11 Å². The summed E-state index contributed by atoms with van der Waals surface area (Å²) in [5.74, 6) is -1.47. The van der Waals surface area contributed by atoms with Gasteiger partial charge in [0.25, 0.3) is 11.7 Å². The Morgan fingerprint density at radius 3 is 1.73 bits per heavy atom. The summed E-state index contributed by atoms with van der Waals surface area (Å²) >= 11 is 0. The molecule has 0 aromatic heterocycles. The number of Topliss-reactive ketones (excluding diaryl/α,β-unsaturated/α-hetero) is 1. The number of nitrogens with zero attached hydrogens (tertiary/aromatic N) is 1. The molecule has 1 amide bonds. The largest absolute Gasteiger partial charge is 0.382 e. The lowest BCUT2D eigenvalue weighted by Gasteiger charge is -2.17. The number of carbonyl (C=O) groups is 2. The number of amides is 1. The Hall–Kier alpha value is -0.900. The van der Waals surface area contributed by atoms with Crippen molar-refractivity contribution in [2.45, 2.75) is 19.4 Å². The Labute approximate surface area is 65.8 Å². The number of rotatable bonds is 2. The number of aliphatic hydroxyl groups is 1. The topological polar surface area (TPSA) is 57.6 Å². The lowest BCUT2D eigenvalue weighted by atomic mass is 10.0. The molecule has 0 unspecified atom stereocenters. The van der Waals surface area contributed by atoms with Crippen LogP contribution >= 0.6 is 0 Å². The van der Waals surface area contributed by atoms with Gasteiger partial charge >= 0.3 is 0 Å². The van der Waals surface area contributed by atoms with Crippen molar-refractivity contribution < 1.29 is 14.7 Å². The molecule has 0 aliphatic rings. The van der Waals surface area contributed by atoms with Crippen molar-refractivity contribution in [3.63, 3.8) is 0 Å². The molecule has 0 aromatic rings. The molecule has 0 saturated heterocycles. The summed E-state index contributed by atoms with van der Waals surface area (Å²) in [6, 6.07) is 0. The van der Waals surface area contributed by atoms with Crippen LogP contribution in [0, 0.1) is 0 Å². The van der Waals surface area contributed by atoms with Gasteiger partial charge in [0.1, 0.15) is 5.60 Å². The molecule has 0 saturated carbocycles. The predicted molar refractivity (Wildman–Crippen MR) is 40.0 cm³/mol. The van der Waals surface area contributed by atoms with Crippen LogP contribution in [-0.4, -0.2) is 41.4 Å². The third-order valence-electron chi connectivity index (χ3n) is 1.16. The summed E-state index contributed by atoms with van der Waals surface area (Å²) in [5, 5.41) is 9.11. The van der Waals surface area contributed by atoms with Crippen LogP contribution in [0.2, 0.25) is 0 Å². The van der Waals surface area contributed by atoms with Crippen LogP contribution in [0.25, 0.3) is 0 Å². The monoisotopic (exact) mass is 159 g/mol. The van der Waals surface area contributed by atoms with Crippen molar-refractivity contribution in [2.24, 2.45) is 0 Å². The van der Waals surface area contributed by atoms with Crippen LogP contribution < -0.4 is 0 Å². The number of likely N-dealkylation sites (N-methyl/N-ethyl adjacent to an activating group) is 1. The first-order valence-electron chi connectivity index (χ1n) is 3.25. The van der Waals surface area contributed by atoms with Gasteiger partial charge in [0.2, 0.25) is 0 Å². The number of hydrogen-bond acceptors (Lipinski definition) is 3. The van der Waals surface area contributed by atoms with E-state index in [2.05, 4.69) is 0 Å². The van der Waals surface area contributed by atoms with Crippen molar-refractivity contribution in [1.82, 2.24) is 4.90 Å². The highest BCUT2D eigenvalue weighted by molar-refractivity contribution is 6.38. The van der Waals surface area contributed by atoms with E-state index in [0.717, 1.165) is 4.90 Å².